The van der Waals surface area contributed by atoms with Crippen molar-refractivity contribution in [3.8, 4) is 0 Å². The summed E-state index contributed by atoms with van der Waals surface area (Å²) in [5.74, 6) is 0. The van der Waals surface area contributed by atoms with Crippen molar-refractivity contribution in [3.05, 3.63) is 0 Å². The van der Waals surface area contributed by atoms with Crippen molar-refractivity contribution in [2.75, 3.05) is 0 Å². The van der Waals surface area contributed by atoms with E-state index in [0.29, 0.717) is 0 Å². The van der Waals surface area contributed by atoms with Crippen LogP contribution in [0.3, 0.4) is 0 Å². The summed E-state index contributed by atoms with van der Waals surface area (Å²) in [6, 6.07) is 0. The Kier molecular flexibility index (Phi) is 11.5. The second-order valence-electron chi connectivity index (χ2n) is 0.347. The van der Waals surface area contributed by atoms with E-state index in [2.05, 4.69) is 20.6 Å². The summed E-state index contributed by atoms with van der Waals surface area (Å²) in [5.41, 5.74) is 0. The largest absolute Gasteiger partial charge is 1.00 e. The molecule has 0 radical (unpaired) electrons. The molecule has 1 N–H and O–H groups in total. The fourth-order valence-electron chi connectivity index (χ4n) is 0.0248. The van der Waals surface area contributed by atoms with Gasteiger partial charge in [-0.25, -0.2) is 16.4 Å². The molecule has 0 aromatic heterocycles. The zero-order chi connectivity index (χ0) is 4.99. The molecule has 0 aliphatic rings. The third-order valence-corrected chi connectivity index (χ3v) is 0.425. The van der Waals surface area contributed by atoms with Crippen LogP contribution in [0.2, 0.25) is 0 Å². The molecule has 0 rings (SSSR count). The Balaban J connectivity index is 0. The molecule has 0 unspecified atom stereocenters. The quantitative estimate of drug-likeness (QED) is 0.195. The van der Waals surface area contributed by atoms with Crippen LogP contribution in [0.25, 0.3) is 0 Å². The van der Waals surface area contributed by atoms with Crippen LogP contribution in [-0.2, 0) is 34.4 Å². The van der Waals surface area contributed by atoms with E-state index in [0.717, 1.165) is 0 Å². The maximum absolute atomic E-state index is 9.46. The molecule has 0 aliphatic heterocycles. The Morgan fingerprint density at radius 3 is 2.14 bits per heavy atom. The van der Waals surface area contributed by atoms with Crippen molar-refractivity contribution < 1.29 is 48.4 Å². The van der Waals surface area contributed by atoms with Crippen LogP contribution >= 0.6 is 0 Å². The van der Waals surface area contributed by atoms with E-state index < -0.39 is 9.64 Å². The van der Waals surface area contributed by atoms with Crippen molar-refractivity contribution in [3.63, 3.8) is 0 Å². The Morgan fingerprint density at radius 1 is 1.71 bits per heavy atom. The zero-order valence-corrected chi connectivity index (χ0v) is 7.12. The monoisotopic (exact) mass is 152 g/mol. The first-order valence-corrected chi connectivity index (χ1v) is 2.85. The summed E-state index contributed by atoms with van der Waals surface area (Å²) in [6.07, 6.45) is 0. The van der Waals surface area contributed by atoms with Crippen LogP contribution in [0.5, 0.6) is 0 Å². The average Bonchev–Trinajstić information content (AvgIpc) is 1.35. The van der Waals surface area contributed by atoms with E-state index in [1.165, 1.54) is 0 Å². The number of hydrogen-bond acceptors (Lipinski definition) is 6. The molecule has 0 saturated heterocycles. The smallest absolute Gasteiger partial charge is 0.422 e. The predicted molar refractivity (Wildman–Crippen MR) is 20.2 cm³/mol. The Morgan fingerprint density at radius 2 is 2.14 bits per heavy atom. The molecule has 0 aromatic carbocycles. The fourth-order valence-corrected chi connectivity index (χ4v) is 0.149. The molecule has 0 saturated carbocycles. The van der Waals surface area contributed by atoms with Gasteiger partial charge >= 0.3 is 29.6 Å². The first kappa shape index (κ1) is 11.1. The Hall–Kier alpha value is 1.25. The van der Waals surface area contributed by atoms with Gasteiger partial charge in [-0.15, -0.1) is 0 Å². The molecule has 4 nitrogen and oxygen atoms in total. The van der Waals surface area contributed by atoms with Crippen LogP contribution in [-0.4, -0.2) is 5.26 Å². The van der Waals surface area contributed by atoms with E-state index >= 15 is 0 Å². The van der Waals surface area contributed by atoms with Crippen molar-refractivity contribution in [1.82, 2.24) is 0 Å². The summed E-state index contributed by atoms with van der Waals surface area (Å²) in [5, 5.41) is 10.2. The summed E-state index contributed by atoms with van der Waals surface area (Å²) < 4.78 is 12.8. The predicted octanol–water partition coefficient (Wildman–Crippen LogP) is -3.25. The molecule has 7 heteroatoms. The molecule has 0 aliphatic carbocycles. The molecular formula is HNaO4S2. The van der Waals surface area contributed by atoms with E-state index in [-0.39, 0.29) is 29.6 Å². The van der Waals surface area contributed by atoms with Crippen molar-refractivity contribution >= 4 is 20.8 Å². The maximum Gasteiger partial charge on any atom is 1.00 e. The van der Waals surface area contributed by atoms with Crippen LogP contribution in [0.1, 0.15) is 0 Å². The van der Waals surface area contributed by atoms with E-state index in [4.69, 9.17) is 5.26 Å². The SMILES string of the molecule is O=[S-](=S)OOO.[Na+]. The van der Waals surface area contributed by atoms with E-state index in [1.54, 1.807) is 0 Å². The molecule has 0 amide bonds. The third kappa shape index (κ3) is 11.1. The van der Waals surface area contributed by atoms with Gasteiger partial charge in [-0.3, -0.25) is 4.33 Å². The van der Waals surface area contributed by atoms with Gasteiger partial charge in [0, 0.05) is 0 Å². The van der Waals surface area contributed by atoms with Gasteiger partial charge in [0.25, 0.3) is 0 Å². The molecule has 38 valence electrons. The average molecular weight is 152 g/mol. The second kappa shape index (κ2) is 7.25. The standard InChI is InChI=1S/Na.HO4S2/c;1-3-4-6(2)5/h;1H/q+1;-1. The molecule has 0 bridgehead atoms. The molecule has 0 aromatic rings. The van der Waals surface area contributed by atoms with Crippen LogP contribution in [0, 0.1) is 0 Å². The van der Waals surface area contributed by atoms with Gasteiger partial charge in [0.1, 0.15) is 0 Å². The molecular weight excluding hydrogens is 151 g/mol. The fraction of sp³-hybridized carbons (Fsp3) is 0. The van der Waals surface area contributed by atoms with Crippen molar-refractivity contribution in [2.24, 2.45) is 0 Å². The summed E-state index contributed by atoms with van der Waals surface area (Å²) >= 11 is 3.84. The molecule has 0 heterocycles. The van der Waals surface area contributed by atoms with Gasteiger partial charge < -0.3 is 4.21 Å². The molecule has 0 atom stereocenters. The summed E-state index contributed by atoms with van der Waals surface area (Å²) in [4.78, 5) is 0. The molecule has 0 fully saturated rings. The van der Waals surface area contributed by atoms with Gasteiger partial charge in [0.05, 0.1) is 0 Å². The topological polar surface area (TPSA) is 55.8 Å². The van der Waals surface area contributed by atoms with Crippen LogP contribution in [0.4, 0.5) is 0 Å². The molecule has 0 spiro atoms. The van der Waals surface area contributed by atoms with Crippen LogP contribution in [0.15, 0.2) is 0 Å². The van der Waals surface area contributed by atoms with Gasteiger partial charge in [-0.2, -0.15) is 0 Å². The van der Waals surface area contributed by atoms with E-state index in [9.17, 15) is 4.21 Å². The minimum Gasteiger partial charge on any atom is -0.422 e. The third-order valence-electron chi connectivity index (χ3n) is 0.0860. The minimum absolute atomic E-state index is 0. The van der Waals surface area contributed by atoms with E-state index in [1.807, 2.05) is 0 Å². The first-order chi connectivity index (χ1) is 2.77. The number of hydrogen-bond donors (Lipinski definition) is 1. The maximum atomic E-state index is 9.46. The number of rotatable bonds is 2. The minimum atomic E-state index is -1.95. The zero-order valence-electron chi connectivity index (χ0n) is 3.49. The Bertz CT molecular complexity index is 77.7. The van der Waals surface area contributed by atoms with Crippen molar-refractivity contribution in [2.45, 2.75) is 0 Å². The van der Waals surface area contributed by atoms with Gasteiger partial charge in [-0.05, 0) is 0 Å². The summed E-state index contributed by atoms with van der Waals surface area (Å²) in [7, 11) is -1.95. The van der Waals surface area contributed by atoms with Crippen molar-refractivity contribution in [1.29, 1.82) is 0 Å². The first-order valence-electron chi connectivity index (χ1n) is 0.849. The van der Waals surface area contributed by atoms with Gasteiger partial charge in [0.15, 0.2) is 0 Å². The van der Waals surface area contributed by atoms with Gasteiger partial charge in [0.2, 0.25) is 0 Å². The normalized spacial score (nSPS) is 8.29. The van der Waals surface area contributed by atoms with Crippen LogP contribution < -0.4 is 29.6 Å². The molecule has 7 heavy (non-hydrogen) atoms. The summed E-state index contributed by atoms with van der Waals surface area (Å²) in [6.45, 7) is 0. The second-order valence-corrected chi connectivity index (χ2v) is 1.71. The van der Waals surface area contributed by atoms with Gasteiger partial charge in [-0.1, -0.05) is 14.7 Å². The Labute approximate surface area is 68.9 Å².